The summed E-state index contributed by atoms with van der Waals surface area (Å²) in [7, 11) is 0. The van der Waals surface area contributed by atoms with Gasteiger partial charge in [0, 0.05) is 5.56 Å². The molecule has 0 aliphatic rings. The molecule has 0 amide bonds. The van der Waals surface area contributed by atoms with E-state index in [1.165, 1.54) is 82.1 Å². The Morgan fingerprint density at radius 3 is 1.84 bits per heavy atom. The molecule has 45 heavy (non-hydrogen) atoms. The molecule has 9 nitrogen and oxygen atoms in total. The molecule has 0 spiro atoms. The fourth-order valence-corrected chi connectivity index (χ4v) is 4.65. The highest BCUT2D eigenvalue weighted by Crippen LogP contribution is 2.20. The number of carbonyl (C=O) groups is 3. The Hall–Kier alpha value is -4.27. The van der Waals surface area contributed by atoms with Gasteiger partial charge in [-0.3, -0.25) is 4.79 Å². The molecule has 0 fully saturated rings. The van der Waals surface area contributed by atoms with Gasteiger partial charge in [-0.15, -0.1) is 0 Å². The van der Waals surface area contributed by atoms with Crippen molar-refractivity contribution in [3.63, 3.8) is 0 Å². The zero-order valence-corrected chi connectivity index (χ0v) is 26.8. The highest BCUT2D eigenvalue weighted by Gasteiger charge is 2.17. The number of nitrogens with zero attached hydrogens (tertiary/aromatic N) is 2. The first-order chi connectivity index (χ1) is 21.9. The number of hydrogen-bond donors (Lipinski definition) is 0. The second kappa shape index (κ2) is 19.9. The predicted molar refractivity (Wildman–Crippen MR) is 172 cm³/mol. The van der Waals surface area contributed by atoms with Crippen LogP contribution in [0.2, 0.25) is 0 Å². The molecule has 0 aliphatic carbocycles. The molecule has 0 saturated carbocycles. The molecular weight excluding hydrogens is 572 g/mol. The van der Waals surface area contributed by atoms with Gasteiger partial charge in [0.05, 0.1) is 43.2 Å². The Morgan fingerprint density at radius 2 is 1.24 bits per heavy atom. The van der Waals surface area contributed by atoms with Crippen molar-refractivity contribution in [2.24, 2.45) is 0 Å². The zero-order chi connectivity index (χ0) is 32.3. The summed E-state index contributed by atoms with van der Waals surface area (Å²) in [6.07, 6.45) is 15.5. The summed E-state index contributed by atoms with van der Waals surface area (Å²) in [5.41, 5.74) is 1.38. The lowest BCUT2D eigenvalue weighted by Crippen LogP contribution is -2.20. The number of aromatic nitrogens is 2. The molecule has 0 unspecified atom stereocenters. The minimum absolute atomic E-state index is 0.0284. The van der Waals surface area contributed by atoms with Crippen LogP contribution in [0.15, 0.2) is 60.9 Å². The van der Waals surface area contributed by atoms with Gasteiger partial charge in [-0.2, -0.15) is 0 Å². The van der Waals surface area contributed by atoms with Crippen LogP contribution in [0.1, 0.15) is 112 Å². The maximum absolute atomic E-state index is 12.7. The zero-order valence-electron chi connectivity index (χ0n) is 26.8. The van der Waals surface area contributed by atoms with E-state index in [9.17, 15) is 14.4 Å². The Labute approximate surface area is 266 Å². The van der Waals surface area contributed by atoms with Gasteiger partial charge in [-0.05, 0) is 56.7 Å². The van der Waals surface area contributed by atoms with Crippen molar-refractivity contribution in [3.05, 3.63) is 72.1 Å². The van der Waals surface area contributed by atoms with E-state index in [-0.39, 0.29) is 24.3 Å². The number of carbonyl (C=O) groups excluding carboxylic acids is 3. The summed E-state index contributed by atoms with van der Waals surface area (Å²) >= 11 is 0. The molecule has 1 atom stereocenters. The van der Waals surface area contributed by atoms with Crippen LogP contribution >= 0.6 is 0 Å². The van der Waals surface area contributed by atoms with Gasteiger partial charge in [0.15, 0.2) is 11.6 Å². The monoisotopic (exact) mass is 618 g/mol. The second-order valence-corrected chi connectivity index (χ2v) is 11.0. The van der Waals surface area contributed by atoms with E-state index in [0.29, 0.717) is 23.7 Å². The number of rotatable bonds is 20. The largest absolute Gasteiger partial charge is 0.490 e. The first kappa shape index (κ1) is 35.2. The Balaban J connectivity index is 1.38. The Kier molecular flexibility index (Phi) is 15.6. The highest BCUT2D eigenvalue weighted by atomic mass is 16.6. The van der Waals surface area contributed by atoms with E-state index in [1.807, 2.05) is 0 Å². The average Bonchev–Trinajstić information content (AvgIpc) is 3.04. The van der Waals surface area contributed by atoms with E-state index in [0.717, 1.165) is 12.0 Å². The number of esters is 3. The van der Waals surface area contributed by atoms with Gasteiger partial charge >= 0.3 is 17.9 Å². The summed E-state index contributed by atoms with van der Waals surface area (Å²) in [5, 5.41) is 0. The first-order valence-electron chi connectivity index (χ1n) is 16.1. The van der Waals surface area contributed by atoms with Gasteiger partial charge < -0.3 is 18.9 Å². The molecule has 1 aromatic heterocycles. The molecule has 0 N–H and O–H groups in total. The van der Waals surface area contributed by atoms with Crippen LogP contribution in [-0.2, 0) is 14.3 Å². The predicted octanol–water partition coefficient (Wildman–Crippen LogP) is 8.16. The van der Waals surface area contributed by atoms with Gasteiger partial charge in [-0.1, -0.05) is 76.8 Å². The van der Waals surface area contributed by atoms with Crippen LogP contribution in [0.25, 0.3) is 11.4 Å². The van der Waals surface area contributed by atoms with E-state index in [2.05, 4.69) is 16.9 Å². The Bertz CT molecular complexity index is 1310. The van der Waals surface area contributed by atoms with Crippen LogP contribution in [-0.4, -0.2) is 47.2 Å². The molecule has 0 radical (unpaired) electrons. The van der Waals surface area contributed by atoms with Crippen molar-refractivity contribution >= 4 is 17.9 Å². The van der Waals surface area contributed by atoms with Gasteiger partial charge in [0.25, 0.3) is 0 Å². The third-order valence-corrected chi connectivity index (χ3v) is 7.14. The molecule has 3 aromatic rings. The smallest absolute Gasteiger partial charge is 0.343 e. The summed E-state index contributed by atoms with van der Waals surface area (Å²) in [5.74, 6) is -0.122. The SMILES string of the molecule is CCCCCCCCCCCCOc1cnc(-c2ccc(C(=O)Oc3ccc(C(=O)O[C@H](C)CC(=O)OCC)cc3)cc2)nc1. The van der Waals surface area contributed by atoms with Crippen LogP contribution in [0.5, 0.6) is 11.5 Å². The highest BCUT2D eigenvalue weighted by molar-refractivity contribution is 5.92. The van der Waals surface area contributed by atoms with Crippen molar-refractivity contribution < 1.29 is 33.3 Å². The summed E-state index contributed by atoms with van der Waals surface area (Å²) in [6.45, 7) is 6.49. The summed E-state index contributed by atoms with van der Waals surface area (Å²) in [4.78, 5) is 45.4. The van der Waals surface area contributed by atoms with Crippen molar-refractivity contribution in [2.75, 3.05) is 13.2 Å². The van der Waals surface area contributed by atoms with Crippen molar-refractivity contribution in [1.82, 2.24) is 9.97 Å². The molecule has 1 heterocycles. The maximum atomic E-state index is 12.7. The lowest BCUT2D eigenvalue weighted by molar-refractivity contribution is -0.145. The third kappa shape index (κ3) is 13.1. The minimum Gasteiger partial charge on any atom is -0.490 e. The fraction of sp³-hybridized carbons (Fsp3) is 0.472. The molecule has 3 rings (SSSR count). The quantitative estimate of drug-likeness (QED) is 0.0703. The number of ether oxygens (including phenoxy) is 4. The first-order valence-corrected chi connectivity index (χ1v) is 16.1. The molecule has 9 heteroatoms. The van der Waals surface area contributed by atoms with Crippen molar-refractivity contribution in [2.45, 2.75) is 97.5 Å². The Morgan fingerprint density at radius 1 is 0.689 bits per heavy atom. The average molecular weight is 619 g/mol. The van der Waals surface area contributed by atoms with E-state index in [4.69, 9.17) is 18.9 Å². The number of hydrogen-bond acceptors (Lipinski definition) is 9. The fourth-order valence-electron chi connectivity index (χ4n) is 4.65. The molecular formula is C36H46N2O7. The van der Waals surface area contributed by atoms with Gasteiger partial charge in [-0.25, -0.2) is 19.6 Å². The molecule has 242 valence electrons. The normalized spacial score (nSPS) is 11.4. The van der Waals surface area contributed by atoms with E-state index < -0.39 is 24.0 Å². The lowest BCUT2D eigenvalue weighted by atomic mass is 10.1. The molecule has 0 bridgehead atoms. The summed E-state index contributed by atoms with van der Waals surface area (Å²) in [6, 6.07) is 12.8. The maximum Gasteiger partial charge on any atom is 0.343 e. The topological polar surface area (TPSA) is 114 Å². The standard InChI is InChI=1S/C36H46N2O7/c1-4-6-7-8-9-10-11-12-13-14-23-43-32-25-37-34(38-26-32)28-15-17-29(18-16-28)36(41)45-31-21-19-30(20-22-31)35(40)44-27(3)24-33(39)42-5-2/h15-22,25-27H,4-14,23-24H2,1-3H3/t27-/m1/s1. The van der Waals surface area contributed by atoms with Gasteiger partial charge in [0.2, 0.25) is 0 Å². The molecule has 0 saturated heterocycles. The van der Waals surface area contributed by atoms with Crippen LogP contribution in [0, 0.1) is 0 Å². The molecule has 0 aliphatic heterocycles. The van der Waals surface area contributed by atoms with Crippen LogP contribution in [0.4, 0.5) is 0 Å². The molecule has 2 aromatic carbocycles. The van der Waals surface area contributed by atoms with Gasteiger partial charge in [0.1, 0.15) is 11.9 Å². The van der Waals surface area contributed by atoms with Crippen LogP contribution < -0.4 is 9.47 Å². The number of benzene rings is 2. The lowest BCUT2D eigenvalue weighted by Gasteiger charge is -2.12. The van der Waals surface area contributed by atoms with Crippen LogP contribution in [0.3, 0.4) is 0 Å². The van der Waals surface area contributed by atoms with Crippen molar-refractivity contribution in [1.29, 1.82) is 0 Å². The van der Waals surface area contributed by atoms with E-state index >= 15 is 0 Å². The summed E-state index contributed by atoms with van der Waals surface area (Å²) < 4.78 is 21.4. The van der Waals surface area contributed by atoms with E-state index in [1.54, 1.807) is 50.5 Å². The second-order valence-electron chi connectivity index (χ2n) is 11.0. The minimum atomic E-state index is -0.632. The third-order valence-electron chi connectivity index (χ3n) is 7.14. The van der Waals surface area contributed by atoms with Crippen molar-refractivity contribution in [3.8, 4) is 22.9 Å². The number of unbranched alkanes of at least 4 members (excludes halogenated alkanes) is 9.